The van der Waals surface area contributed by atoms with Gasteiger partial charge in [0.15, 0.2) is 0 Å². The lowest BCUT2D eigenvalue weighted by molar-refractivity contribution is -0.158. The van der Waals surface area contributed by atoms with Gasteiger partial charge >= 0.3 is 12.1 Å². The van der Waals surface area contributed by atoms with Crippen molar-refractivity contribution < 1.29 is 23.9 Å². The van der Waals surface area contributed by atoms with Crippen LogP contribution in [0.1, 0.15) is 37.8 Å². The molecular formula is C24H28N2O5. The number of methoxy groups -OCH3 is 1. The molecule has 0 spiro atoms. The maximum absolute atomic E-state index is 12.7. The zero-order chi connectivity index (χ0) is 22.8. The molecule has 3 rings (SSSR count). The van der Waals surface area contributed by atoms with Gasteiger partial charge in [0.05, 0.1) is 7.11 Å². The van der Waals surface area contributed by atoms with Crippen LogP contribution in [0.15, 0.2) is 48.5 Å². The molecule has 0 aliphatic heterocycles. The lowest BCUT2D eigenvalue weighted by atomic mass is 9.98. The third-order valence-corrected chi connectivity index (χ3v) is 5.90. The number of hydrogen-bond acceptors (Lipinski definition) is 5. The monoisotopic (exact) mass is 424 g/mol. The van der Waals surface area contributed by atoms with E-state index in [0.717, 1.165) is 22.3 Å². The molecule has 31 heavy (non-hydrogen) atoms. The Morgan fingerprint density at radius 2 is 1.55 bits per heavy atom. The Bertz CT molecular complexity index is 955. The second-order valence-electron chi connectivity index (χ2n) is 8.14. The summed E-state index contributed by atoms with van der Waals surface area (Å²) in [5.74, 6) is -1.04. The van der Waals surface area contributed by atoms with Crippen LogP contribution < -0.4 is 5.32 Å². The van der Waals surface area contributed by atoms with Crippen molar-refractivity contribution in [2.45, 2.75) is 38.3 Å². The number of nitrogens with zero attached hydrogens (tertiary/aromatic N) is 1. The van der Waals surface area contributed by atoms with Crippen LogP contribution in [-0.2, 0) is 19.1 Å². The van der Waals surface area contributed by atoms with Crippen LogP contribution in [0.25, 0.3) is 11.1 Å². The SMILES string of the molecule is COC(=O)C(C)(C)N(C)C(=O)[C@H](C)NC(=O)OCC1c2ccccc2-c2ccccc21. The van der Waals surface area contributed by atoms with Crippen molar-refractivity contribution in [3.63, 3.8) is 0 Å². The number of nitrogens with one attached hydrogen (secondary N) is 1. The fourth-order valence-electron chi connectivity index (χ4n) is 3.83. The summed E-state index contributed by atoms with van der Waals surface area (Å²) < 4.78 is 10.2. The van der Waals surface area contributed by atoms with Gasteiger partial charge in [-0.1, -0.05) is 48.5 Å². The van der Waals surface area contributed by atoms with Gasteiger partial charge in [-0.05, 0) is 43.0 Å². The van der Waals surface area contributed by atoms with E-state index in [1.54, 1.807) is 20.8 Å². The minimum atomic E-state index is -1.16. The Balaban J connectivity index is 1.63. The number of carbonyl (C=O) groups is 3. The normalized spacial score (nSPS) is 13.6. The molecule has 1 aliphatic carbocycles. The van der Waals surface area contributed by atoms with Crippen LogP contribution in [0.3, 0.4) is 0 Å². The van der Waals surface area contributed by atoms with Gasteiger partial charge in [-0.25, -0.2) is 9.59 Å². The zero-order valence-corrected chi connectivity index (χ0v) is 18.5. The quantitative estimate of drug-likeness (QED) is 0.719. The molecule has 2 aromatic rings. The van der Waals surface area contributed by atoms with Crippen LogP contribution >= 0.6 is 0 Å². The van der Waals surface area contributed by atoms with Gasteiger partial charge in [-0.2, -0.15) is 0 Å². The predicted molar refractivity (Wildman–Crippen MR) is 117 cm³/mol. The molecule has 2 aromatic carbocycles. The standard InChI is InChI=1S/C24H28N2O5/c1-15(21(27)26(4)24(2,3)22(28)30-5)25-23(29)31-14-20-18-12-8-6-10-16(18)17-11-7-9-13-19(17)20/h6-13,15,20H,14H2,1-5H3,(H,25,29)/t15-/m0/s1. The average Bonchev–Trinajstić information content (AvgIpc) is 3.09. The highest BCUT2D eigenvalue weighted by atomic mass is 16.5. The molecule has 2 amide bonds. The van der Waals surface area contributed by atoms with Crippen LogP contribution in [0.2, 0.25) is 0 Å². The molecule has 164 valence electrons. The van der Waals surface area contributed by atoms with E-state index in [4.69, 9.17) is 9.47 Å². The van der Waals surface area contributed by atoms with Crippen LogP contribution in [0.5, 0.6) is 0 Å². The first kappa shape index (κ1) is 22.3. The van der Waals surface area contributed by atoms with E-state index in [2.05, 4.69) is 17.4 Å². The molecule has 7 heteroatoms. The molecule has 0 radical (unpaired) electrons. The molecule has 0 bridgehead atoms. The van der Waals surface area contributed by atoms with Gasteiger partial charge in [0.2, 0.25) is 5.91 Å². The molecule has 0 fully saturated rings. The van der Waals surface area contributed by atoms with E-state index < -0.39 is 29.6 Å². The van der Waals surface area contributed by atoms with E-state index in [0.29, 0.717) is 0 Å². The van der Waals surface area contributed by atoms with E-state index >= 15 is 0 Å². The number of esters is 1. The van der Waals surface area contributed by atoms with Crippen LogP contribution in [0, 0.1) is 0 Å². The Kier molecular flexibility index (Phi) is 6.34. The number of amides is 2. The lowest BCUT2D eigenvalue weighted by Gasteiger charge is -2.34. The van der Waals surface area contributed by atoms with Crippen molar-refractivity contribution in [2.24, 2.45) is 0 Å². The van der Waals surface area contributed by atoms with Gasteiger partial charge in [-0.15, -0.1) is 0 Å². The molecule has 0 aromatic heterocycles. The summed E-state index contributed by atoms with van der Waals surface area (Å²) in [6.07, 6.45) is -0.688. The smallest absolute Gasteiger partial charge is 0.407 e. The predicted octanol–water partition coefficient (Wildman–Crippen LogP) is 3.32. The first-order chi connectivity index (χ1) is 14.7. The molecule has 7 nitrogen and oxygen atoms in total. The van der Waals surface area contributed by atoms with Crippen LogP contribution in [-0.4, -0.2) is 55.2 Å². The maximum atomic E-state index is 12.7. The second kappa shape index (κ2) is 8.79. The first-order valence-electron chi connectivity index (χ1n) is 10.2. The fourth-order valence-corrected chi connectivity index (χ4v) is 3.83. The van der Waals surface area contributed by atoms with Gasteiger partial charge in [0.25, 0.3) is 0 Å². The number of carbonyl (C=O) groups excluding carboxylic acids is 3. The van der Waals surface area contributed by atoms with Gasteiger partial charge in [-0.3, -0.25) is 4.79 Å². The molecular weight excluding hydrogens is 396 g/mol. The Hall–Kier alpha value is -3.35. The summed E-state index contributed by atoms with van der Waals surface area (Å²) in [6, 6.07) is 15.3. The van der Waals surface area contributed by atoms with E-state index in [-0.39, 0.29) is 12.5 Å². The first-order valence-corrected chi connectivity index (χ1v) is 10.2. The summed E-state index contributed by atoms with van der Waals surface area (Å²) in [7, 11) is 2.76. The molecule has 1 N–H and O–H groups in total. The number of likely N-dealkylation sites (N-methyl/N-ethyl adjacent to an activating group) is 1. The van der Waals surface area contributed by atoms with Crippen molar-refractivity contribution in [1.82, 2.24) is 10.2 Å². The highest BCUT2D eigenvalue weighted by molar-refractivity contribution is 5.91. The summed E-state index contributed by atoms with van der Waals surface area (Å²) in [6.45, 7) is 4.87. The minimum Gasteiger partial charge on any atom is -0.467 e. The molecule has 1 aliphatic rings. The highest BCUT2D eigenvalue weighted by Crippen LogP contribution is 2.44. The van der Waals surface area contributed by atoms with Crippen molar-refractivity contribution in [3.8, 4) is 11.1 Å². The van der Waals surface area contributed by atoms with E-state index in [1.165, 1.54) is 19.1 Å². The third-order valence-electron chi connectivity index (χ3n) is 5.90. The number of alkyl carbamates (subject to hydrolysis) is 1. The van der Waals surface area contributed by atoms with E-state index in [9.17, 15) is 14.4 Å². The average molecular weight is 424 g/mol. The minimum absolute atomic E-state index is 0.0647. The second-order valence-corrected chi connectivity index (χ2v) is 8.14. The Morgan fingerprint density at radius 3 is 2.06 bits per heavy atom. The summed E-state index contributed by atoms with van der Waals surface area (Å²) in [4.78, 5) is 38.3. The summed E-state index contributed by atoms with van der Waals surface area (Å²) in [5, 5.41) is 2.56. The van der Waals surface area contributed by atoms with Crippen molar-refractivity contribution >= 4 is 18.0 Å². The summed E-state index contributed by atoms with van der Waals surface area (Å²) in [5.41, 5.74) is 3.34. The number of hydrogen-bond donors (Lipinski definition) is 1. The van der Waals surface area contributed by atoms with Gasteiger partial charge < -0.3 is 19.7 Å². The molecule has 0 saturated carbocycles. The Morgan fingerprint density at radius 1 is 1.03 bits per heavy atom. The molecule has 0 unspecified atom stereocenters. The van der Waals surface area contributed by atoms with Crippen molar-refractivity contribution in [3.05, 3.63) is 59.7 Å². The van der Waals surface area contributed by atoms with Gasteiger partial charge in [0, 0.05) is 13.0 Å². The zero-order valence-electron chi connectivity index (χ0n) is 18.5. The number of benzene rings is 2. The topological polar surface area (TPSA) is 84.9 Å². The molecule has 0 heterocycles. The number of ether oxygens (including phenoxy) is 2. The lowest BCUT2D eigenvalue weighted by Crippen LogP contribution is -2.56. The molecule has 1 atom stereocenters. The van der Waals surface area contributed by atoms with E-state index in [1.807, 2.05) is 36.4 Å². The molecule has 0 saturated heterocycles. The summed E-state index contributed by atoms with van der Waals surface area (Å²) >= 11 is 0. The van der Waals surface area contributed by atoms with Crippen molar-refractivity contribution in [1.29, 1.82) is 0 Å². The fraction of sp³-hybridized carbons (Fsp3) is 0.375. The number of fused-ring (bicyclic) bond motifs is 3. The van der Waals surface area contributed by atoms with Gasteiger partial charge in [0.1, 0.15) is 18.2 Å². The third kappa shape index (κ3) is 4.26. The largest absolute Gasteiger partial charge is 0.467 e. The Labute approximate surface area is 182 Å². The number of rotatable bonds is 6. The van der Waals surface area contributed by atoms with Crippen LogP contribution in [0.4, 0.5) is 4.79 Å². The van der Waals surface area contributed by atoms with Crippen molar-refractivity contribution in [2.75, 3.05) is 20.8 Å². The highest BCUT2D eigenvalue weighted by Gasteiger charge is 2.38. The maximum Gasteiger partial charge on any atom is 0.407 e.